The van der Waals surface area contributed by atoms with Gasteiger partial charge in [-0.25, -0.2) is 4.98 Å². The van der Waals surface area contributed by atoms with Gasteiger partial charge in [0.05, 0.1) is 23.9 Å². The molecular weight excluding hydrogens is 316 g/mol. The van der Waals surface area contributed by atoms with Gasteiger partial charge in [-0.15, -0.1) is 0 Å². The first-order valence-corrected chi connectivity index (χ1v) is 8.53. The number of methoxy groups -OCH3 is 1. The van der Waals surface area contributed by atoms with Crippen LogP contribution in [0.15, 0.2) is 36.4 Å². The van der Waals surface area contributed by atoms with Crippen molar-refractivity contribution in [2.45, 2.75) is 32.1 Å². The van der Waals surface area contributed by atoms with Crippen LogP contribution in [0.4, 0.5) is 5.69 Å². The Balaban J connectivity index is 1.93. The number of carbonyl (C=O) groups is 1. The summed E-state index contributed by atoms with van der Waals surface area (Å²) in [6.07, 6.45) is 1.34. The molecule has 1 aromatic carbocycles. The highest BCUT2D eigenvalue weighted by atomic mass is 16.5. The van der Waals surface area contributed by atoms with Gasteiger partial charge in [-0.3, -0.25) is 4.79 Å². The average Bonchev–Trinajstić information content (AvgIpc) is 2.63. The number of rotatable bonds is 4. The quantitative estimate of drug-likeness (QED) is 0.927. The number of hydrogen-bond donors (Lipinski definition) is 1. The number of nitrogens with zero attached hydrogens (tertiary/aromatic N) is 1. The van der Waals surface area contributed by atoms with Crippen LogP contribution in [0.3, 0.4) is 0 Å². The number of nitrogens with one attached hydrogen (secondary N) is 1. The maximum absolute atomic E-state index is 13.3. The maximum Gasteiger partial charge on any atom is 0.235 e. The Morgan fingerprint density at radius 2 is 1.96 bits per heavy atom. The maximum atomic E-state index is 13.3. The fraction of sp³-hybridized carbons (Fsp3) is 0.400. The van der Waals surface area contributed by atoms with Crippen molar-refractivity contribution in [1.82, 2.24) is 4.98 Å². The molecule has 0 aliphatic carbocycles. The molecule has 2 aromatic rings. The van der Waals surface area contributed by atoms with Crippen molar-refractivity contribution in [3.05, 3.63) is 53.2 Å². The minimum Gasteiger partial charge on any atom is -0.481 e. The van der Waals surface area contributed by atoms with Gasteiger partial charge in [-0.2, -0.15) is 0 Å². The van der Waals surface area contributed by atoms with Gasteiger partial charge in [0, 0.05) is 19.3 Å². The second-order valence-electron chi connectivity index (χ2n) is 6.50. The van der Waals surface area contributed by atoms with Gasteiger partial charge in [-0.1, -0.05) is 29.8 Å². The van der Waals surface area contributed by atoms with Crippen molar-refractivity contribution in [3.8, 4) is 5.88 Å². The summed E-state index contributed by atoms with van der Waals surface area (Å²) in [6, 6.07) is 11.8. The van der Waals surface area contributed by atoms with E-state index in [-0.39, 0.29) is 5.91 Å². The van der Waals surface area contributed by atoms with Crippen LogP contribution in [0.5, 0.6) is 5.88 Å². The molecule has 3 rings (SSSR count). The highest BCUT2D eigenvalue weighted by Gasteiger charge is 2.42. The van der Waals surface area contributed by atoms with Gasteiger partial charge in [0.1, 0.15) is 0 Å². The van der Waals surface area contributed by atoms with E-state index < -0.39 is 5.41 Å². The van der Waals surface area contributed by atoms with Crippen LogP contribution in [0.2, 0.25) is 0 Å². The minimum atomic E-state index is -0.573. The summed E-state index contributed by atoms with van der Waals surface area (Å²) in [5, 5.41) is 3.08. The first-order chi connectivity index (χ1) is 12.0. The zero-order valence-electron chi connectivity index (χ0n) is 15.0. The molecule has 25 heavy (non-hydrogen) atoms. The second-order valence-corrected chi connectivity index (χ2v) is 6.50. The van der Waals surface area contributed by atoms with E-state index in [0.29, 0.717) is 37.6 Å². The SMILES string of the molecule is COc1ccc(NC(=O)C2(c3cccc(C)c3)CCOCC2)c(C)n1. The minimum absolute atomic E-state index is 0.00327. The number of amides is 1. The van der Waals surface area contributed by atoms with E-state index in [2.05, 4.69) is 16.4 Å². The van der Waals surface area contributed by atoms with Crippen molar-refractivity contribution in [2.75, 3.05) is 25.6 Å². The molecule has 2 heterocycles. The molecule has 0 saturated carbocycles. The van der Waals surface area contributed by atoms with E-state index in [0.717, 1.165) is 16.8 Å². The summed E-state index contributed by atoms with van der Waals surface area (Å²) < 4.78 is 10.7. The van der Waals surface area contributed by atoms with E-state index in [9.17, 15) is 4.79 Å². The summed E-state index contributed by atoms with van der Waals surface area (Å²) in [7, 11) is 1.58. The highest BCUT2D eigenvalue weighted by molar-refractivity contribution is 5.99. The largest absolute Gasteiger partial charge is 0.481 e. The van der Waals surface area contributed by atoms with E-state index in [4.69, 9.17) is 9.47 Å². The Morgan fingerprint density at radius 3 is 2.60 bits per heavy atom. The van der Waals surface area contributed by atoms with Gasteiger partial charge in [0.25, 0.3) is 0 Å². The Bertz CT molecular complexity index is 767. The number of carbonyl (C=O) groups excluding carboxylic acids is 1. The molecule has 1 fully saturated rings. The van der Waals surface area contributed by atoms with E-state index in [1.807, 2.05) is 38.1 Å². The molecule has 1 saturated heterocycles. The van der Waals surface area contributed by atoms with Crippen molar-refractivity contribution < 1.29 is 14.3 Å². The normalized spacial score (nSPS) is 16.3. The third-order valence-electron chi connectivity index (χ3n) is 4.87. The summed E-state index contributed by atoms with van der Waals surface area (Å²) >= 11 is 0. The van der Waals surface area contributed by atoms with E-state index in [1.54, 1.807) is 13.2 Å². The molecule has 5 nitrogen and oxygen atoms in total. The first kappa shape index (κ1) is 17.4. The summed E-state index contributed by atoms with van der Waals surface area (Å²) in [4.78, 5) is 17.6. The molecule has 1 aliphatic rings. The molecule has 1 aromatic heterocycles. The lowest BCUT2D eigenvalue weighted by Gasteiger charge is -2.36. The molecular formula is C20H24N2O3. The van der Waals surface area contributed by atoms with E-state index >= 15 is 0 Å². The van der Waals surface area contributed by atoms with Crippen LogP contribution in [-0.2, 0) is 14.9 Å². The fourth-order valence-corrected chi connectivity index (χ4v) is 3.34. The molecule has 1 aliphatic heterocycles. The molecule has 0 unspecified atom stereocenters. The average molecular weight is 340 g/mol. The molecule has 5 heteroatoms. The fourth-order valence-electron chi connectivity index (χ4n) is 3.34. The number of ether oxygens (including phenoxy) is 2. The Hall–Kier alpha value is -2.40. The molecule has 0 atom stereocenters. The number of anilines is 1. The molecule has 1 amide bonds. The van der Waals surface area contributed by atoms with Crippen molar-refractivity contribution in [3.63, 3.8) is 0 Å². The van der Waals surface area contributed by atoms with Crippen LogP contribution >= 0.6 is 0 Å². The summed E-state index contributed by atoms with van der Waals surface area (Å²) in [6.45, 7) is 5.08. The standard InChI is InChI=1S/C20H24N2O3/c1-14-5-4-6-16(13-14)20(9-11-25-12-10-20)19(23)22-17-7-8-18(24-3)21-15(17)2/h4-8,13H,9-12H2,1-3H3,(H,22,23). The zero-order valence-corrected chi connectivity index (χ0v) is 15.0. The van der Waals surface area contributed by atoms with Crippen LogP contribution < -0.4 is 10.1 Å². The Kier molecular flexibility index (Phi) is 5.04. The predicted octanol–water partition coefficient (Wildman–Crippen LogP) is 3.39. The van der Waals surface area contributed by atoms with Crippen molar-refractivity contribution in [1.29, 1.82) is 0 Å². The number of pyridine rings is 1. The third kappa shape index (κ3) is 3.51. The molecule has 132 valence electrons. The molecule has 0 bridgehead atoms. The van der Waals surface area contributed by atoms with Crippen molar-refractivity contribution >= 4 is 11.6 Å². The van der Waals surface area contributed by atoms with Crippen LogP contribution in [0.1, 0.15) is 29.7 Å². The van der Waals surface area contributed by atoms with Crippen LogP contribution in [-0.4, -0.2) is 31.2 Å². The summed E-state index contributed by atoms with van der Waals surface area (Å²) in [5.74, 6) is 0.534. The zero-order chi connectivity index (χ0) is 17.9. The predicted molar refractivity (Wildman–Crippen MR) is 97.1 cm³/mol. The Morgan fingerprint density at radius 1 is 1.20 bits per heavy atom. The smallest absolute Gasteiger partial charge is 0.235 e. The third-order valence-corrected chi connectivity index (χ3v) is 4.87. The second kappa shape index (κ2) is 7.23. The van der Waals surface area contributed by atoms with Gasteiger partial charge in [-0.05, 0) is 38.3 Å². The number of hydrogen-bond acceptors (Lipinski definition) is 4. The number of aryl methyl sites for hydroxylation is 2. The van der Waals surface area contributed by atoms with E-state index in [1.165, 1.54) is 0 Å². The van der Waals surface area contributed by atoms with Gasteiger partial charge >= 0.3 is 0 Å². The Labute approximate surface area is 148 Å². The molecule has 1 N–H and O–H groups in total. The first-order valence-electron chi connectivity index (χ1n) is 8.53. The topological polar surface area (TPSA) is 60.5 Å². The van der Waals surface area contributed by atoms with Gasteiger partial charge in [0.2, 0.25) is 11.8 Å². The summed E-state index contributed by atoms with van der Waals surface area (Å²) in [5.41, 5.74) is 3.07. The number of benzene rings is 1. The lowest BCUT2D eigenvalue weighted by molar-refractivity contribution is -0.125. The lowest BCUT2D eigenvalue weighted by Crippen LogP contribution is -2.45. The molecule has 0 radical (unpaired) electrons. The van der Waals surface area contributed by atoms with Gasteiger partial charge in [0.15, 0.2) is 0 Å². The molecule has 0 spiro atoms. The van der Waals surface area contributed by atoms with Crippen LogP contribution in [0, 0.1) is 13.8 Å². The number of aromatic nitrogens is 1. The van der Waals surface area contributed by atoms with Gasteiger partial charge < -0.3 is 14.8 Å². The van der Waals surface area contributed by atoms with Crippen molar-refractivity contribution in [2.24, 2.45) is 0 Å². The van der Waals surface area contributed by atoms with Crippen LogP contribution in [0.25, 0.3) is 0 Å². The highest BCUT2D eigenvalue weighted by Crippen LogP contribution is 2.36. The monoisotopic (exact) mass is 340 g/mol. The lowest BCUT2D eigenvalue weighted by atomic mass is 9.73.